The number of nitrogens with two attached hydrogens (primary N) is 1. The van der Waals surface area contributed by atoms with Gasteiger partial charge in [-0.1, -0.05) is 0 Å². The molecule has 0 spiro atoms. The van der Waals surface area contributed by atoms with Gasteiger partial charge in [-0.05, 0) is 52.4 Å². The van der Waals surface area contributed by atoms with Gasteiger partial charge in [0.05, 0.1) is 5.60 Å². The summed E-state index contributed by atoms with van der Waals surface area (Å²) in [7, 11) is 1.70. The first-order chi connectivity index (χ1) is 12.9. The molecule has 8 nitrogen and oxygen atoms in total. The lowest BCUT2D eigenvalue weighted by molar-refractivity contribution is 0.119. The maximum atomic E-state index is 10.4. The summed E-state index contributed by atoms with van der Waals surface area (Å²) in [5.74, 6) is 1.41. The van der Waals surface area contributed by atoms with E-state index in [0.717, 1.165) is 50.2 Å². The molecule has 8 heteroatoms. The van der Waals surface area contributed by atoms with Gasteiger partial charge in [0.1, 0.15) is 12.2 Å². The molecule has 5 N–H and O–H groups in total. The zero-order valence-corrected chi connectivity index (χ0v) is 16.9. The van der Waals surface area contributed by atoms with Gasteiger partial charge < -0.3 is 21.5 Å². The van der Waals surface area contributed by atoms with E-state index < -0.39 is 5.60 Å². The summed E-state index contributed by atoms with van der Waals surface area (Å²) in [6.07, 6.45) is 8.18. The molecular weight excluding hydrogens is 342 g/mol. The van der Waals surface area contributed by atoms with Gasteiger partial charge in [0.15, 0.2) is 0 Å². The number of hydrogen-bond acceptors (Lipinski definition) is 8. The second-order valence-corrected chi connectivity index (χ2v) is 7.60. The highest BCUT2D eigenvalue weighted by atomic mass is 16.3. The van der Waals surface area contributed by atoms with Crippen LogP contribution in [0.4, 0.5) is 5.95 Å². The topological polar surface area (TPSA) is 121 Å². The lowest BCUT2D eigenvalue weighted by Gasteiger charge is -2.29. The lowest BCUT2D eigenvalue weighted by atomic mass is 9.91. The number of aryl methyl sites for hydroxylation is 1. The van der Waals surface area contributed by atoms with E-state index in [0.29, 0.717) is 37.4 Å². The van der Waals surface area contributed by atoms with Crippen LogP contribution in [-0.4, -0.2) is 63.6 Å². The van der Waals surface area contributed by atoms with E-state index >= 15 is 0 Å². The van der Waals surface area contributed by atoms with E-state index in [-0.39, 0.29) is 0 Å². The van der Waals surface area contributed by atoms with Crippen LogP contribution in [0.25, 0.3) is 0 Å². The molecule has 1 aromatic rings. The second-order valence-electron chi connectivity index (χ2n) is 7.60. The highest BCUT2D eigenvalue weighted by Crippen LogP contribution is 2.21. The highest BCUT2D eigenvalue weighted by molar-refractivity contribution is 5.89. The Bertz CT molecular complexity index is 597. The maximum Gasteiger partial charge on any atom is 0.226 e. The van der Waals surface area contributed by atoms with Crippen molar-refractivity contribution in [2.45, 2.75) is 76.5 Å². The van der Waals surface area contributed by atoms with E-state index in [4.69, 9.17) is 5.73 Å². The van der Waals surface area contributed by atoms with E-state index in [9.17, 15) is 5.11 Å². The van der Waals surface area contributed by atoms with E-state index in [1.807, 2.05) is 6.92 Å². The molecule has 1 heterocycles. The molecule has 1 aromatic heterocycles. The minimum absolute atomic E-state index is 0.403. The van der Waals surface area contributed by atoms with E-state index in [1.165, 1.54) is 0 Å². The third kappa shape index (κ3) is 7.12. The fraction of sp³-hybridized carbons (Fsp3) is 0.789. The van der Waals surface area contributed by atoms with Crippen molar-refractivity contribution in [3.63, 3.8) is 0 Å². The highest BCUT2D eigenvalue weighted by Gasteiger charge is 2.23. The van der Waals surface area contributed by atoms with Crippen LogP contribution in [-0.2, 0) is 6.42 Å². The zero-order valence-electron chi connectivity index (χ0n) is 16.9. The average Bonchev–Trinajstić information content (AvgIpc) is 2.67. The normalized spacial score (nSPS) is 23.1. The average molecular weight is 378 g/mol. The molecule has 1 aliphatic rings. The monoisotopic (exact) mass is 377 g/mol. The summed E-state index contributed by atoms with van der Waals surface area (Å²) in [6.45, 7) is 5.22. The summed E-state index contributed by atoms with van der Waals surface area (Å²) in [5.41, 5.74) is 5.42. The first kappa shape index (κ1) is 21.7. The molecule has 0 aliphatic heterocycles. The van der Waals surface area contributed by atoms with Gasteiger partial charge in [-0.3, -0.25) is 4.99 Å². The van der Waals surface area contributed by atoms with Crippen LogP contribution in [0.5, 0.6) is 0 Å². The van der Waals surface area contributed by atoms with Crippen LogP contribution in [0.2, 0.25) is 0 Å². The Balaban J connectivity index is 1.79. The molecule has 1 fully saturated rings. The number of nitrogens with zero attached hydrogens (tertiary/aromatic N) is 4. The number of hydrogen-bond donors (Lipinski definition) is 4. The standard InChI is InChI=1S/C19H35N7O/c1-14(21-3)19(2,27)10-4-5-17-23-13-24-18(26-17)25-16-8-6-15(7-9-16)22-12-11-20/h13,15-16,22,27H,4-12,20H2,1-3H3,(H,23,24,25,26). The molecule has 0 bridgehead atoms. The number of nitrogens with one attached hydrogen (secondary N) is 2. The minimum Gasteiger partial charge on any atom is -0.384 e. The van der Waals surface area contributed by atoms with Crippen molar-refractivity contribution in [3.05, 3.63) is 12.2 Å². The molecule has 2 rings (SSSR count). The van der Waals surface area contributed by atoms with Gasteiger partial charge in [-0.25, -0.2) is 9.97 Å². The Labute approximate surface area is 162 Å². The van der Waals surface area contributed by atoms with Crippen LogP contribution >= 0.6 is 0 Å². The SMILES string of the molecule is CN=C(C)C(C)(O)CCCc1ncnc(NC2CCC(NCCN)CC2)n1. The van der Waals surface area contributed by atoms with Crippen molar-refractivity contribution in [1.29, 1.82) is 0 Å². The lowest BCUT2D eigenvalue weighted by Crippen LogP contribution is -2.39. The Hall–Kier alpha value is -1.64. The van der Waals surface area contributed by atoms with Crippen molar-refractivity contribution in [2.75, 3.05) is 25.5 Å². The second kappa shape index (κ2) is 10.6. The van der Waals surface area contributed by atoms with Gasteiger partial charge >= 0.3 is 0 Å². The van der Waals surface area contributed by atoms with Crippen LogP contribution < -0.4 is 16.4 Å². The van der Waals surface area contributed by atoms with Crippen molar-refractivity contribution < 1.29 is 5.11 Å². The number of aliphatic imine (C=N–C) groups is 1. The predicted octanol–water partition coefficient (Wildman–Crippen LogP) is 1.31. The molecule has 1 saturated carbocycles. The Kier molecular flexibility index (Phi) is 8.53. The molecule has 0 saturated heterocycles. The van der Waals surface area contributed by atoms with Crippen LogP contribution in [0, 0.1) is 0 Å². The molecule has 1 aliphatic carbocycles. The Morgan fingerprint density at radius 2 is 2.00 bits per heavy atom. The first-order valence-electron chi connectivity index (χ1n) is 9.98. The van der Waals surface area contributed by atoms with Crippen LogP contribution in [0.1, 0.15) is 58.2 Å². The molecule has 27 heavy (non-hydrogen) atoms. The van der Waals surface area contributed by atoms with Crippen LogP contribution in [0.3, 0.4) is 0 Å². The number of aromatic nitrogens is 3. The number of anilines is 1. The molecule has 0 aromatic carbocycles. The summed E-state index contributed by atoms with van der Waals surface area (Å²) in [6, 6.07) is 0.976. The fourth-order valence-electron chi connectivity index (χ4n) is 3.44. The molecular formula is C19H35N7O. The number of rotatable bonds is 10. The van der Waals surface area contributed by atoms with Gasteiger partial charge in [0.2, 0.25) is 5.95 Å². The van der Waals surface area contributed by atoms with Crippen molar-refractivity contribution in [1.82, 2.24) is 20.3 Å². The molecule has 1 unspecified atom stereocenters. The van der Waals surface area contributed by atoms with Crippen molar-refractivity contribution >= 4 is 11.7 Å². The van der Waals surface area contributed by atoms with Gasteiger partial charge in [-0.15, -0.1) is 0 Å². The molecule has 1 atom stereocenters. The molecule has 0 amide bonds. The summed E-state index contributed by atoms with van der Waals surface area (Å²) >= 11 is 0. The fourth-order valence-corrected chi connectivity index (χ4v) is 3.44. The van der Waals surface area contributed by atoms with E-state index in [2.05, 4.69) is 30.6 Å². The Morgan fingerprint density at radius 3 is 2.67 bits per heavy atom. The third-order valence-corrected chi connectivity index (χ3v) is 5.44. The predicted molar refractivity (Wildman–Crippen MR) is 109 cm³/mol. The summed E-state index contributed by atoms with van der Waals surface area (Å²) in [5, 5.41) is 17.3. The maximum absolute atomic E-state index is 10.4. The third-order valence-electron chi connectivity index (χ3n) is 5.44. The Morgan fingerprint density at radius 1 is 1.30 bits per heavy atom. The largest absolute Gasteiger partial charge is 0.384 e. The summed E-state index contributed by atoms with van der Waals surface area (Å²) < 4.78 is 0. The molecule has 152 valence electrons. The smallest absolute Gasteiger partial charge is 0.226 e. The van der Waals surface area contributed by atoms with Crippen molar-refractivity contribution in [2.24, 2.45) is 10.7 Å². The quantitative estimate of drug-likeness (QED) is 0.454. The summed E-state index contributed by atoms with van der Waals surface area (Å²) in [4.78, 5) is 17.2. The zero-order chi connectivity index (χ0) is 19.7. The first-order valence-corrected chi connectivity index (χ1v) is 9.98. The number of aliphatic hydroxyl groups is 1. The van der Waals surface area contributed by atoms with Crippen molar-refractivity contribution in [3.8, 4) is 0 Å². The van der Waals surface area contributed by atoms with E-state index in [1.54, 1.807) is 20.3 Å². The van der Waals surface area contributed by atoms with Gasteiger partial charge in [-0.2, -0.15) is 4.98 Å². The minimum atomic E-state index is -0.876. The van der Waals surface area contributed by atoms with Gasteiger partial charge in [0, 0.05) is 44.4 Å². The van der Waals surface area contributed by atoms with Crippen LogP contribution in [0.15, 0.2) is 11.3 Å². The van der Waals surface area contributed by atoms with Gasteiger partial charge in [0.25, 0.3) is 0 Å². The molecule has 0 radical (unpaired) electrons.